The van der Waals surface area contributed by atoms with Crippen LogP contribution in [0.2, 0.25) is 5.02 Å². The summed E-state index contributed by atoms with van der Waals surface area (Å²) in [6.07, 6.45) is 0. The third-order valence-electron chi connectivity index (χ3n) is 6.00. The number of nitrogens with one attached hydrogen (secondary N) is 1. The number of carbonyl (C=O) groups excluding carboxylic acids is 4. The molecule has 1 heterocycles. The molecule has 0 fully saturated rings. The number of hydrogen-bond donors (Lipinski definition) is 1. The second-order valence-electron chi connectivity index (χ2n) is 8.79. The fourth-order valence-corrected chi connectivity index (χ4v) is 4.32. The van der Waals surface area contributed by atoms with Gasteiger partial charge in [0.25, 0.3) is 11.8 Å². The fraction of sp³-hybridized carbons (Fsp3) is 0.0323. The van der Waals surface area contributed by atoms with Crippen LogP contribution in [0.3, 0.4) is 0 Å². The van der Waals surface area contributed by atoms with Gasteiger partial charge in [0.05, 0.1) is 16.8 Å². The fourth-order valence-electron chi connectivity index (χ4n) is 3.93. The zero-order valence-corrected chi connectivity index (χ0v) is 22.7. The van der Waals surface area contributed by atoms with Gasteiger partial charge in [-0.25, -0.2) is 14.5 Å². The van der Waals surface area contributed by atoms with Crippen molar-refractivity contribution < 1.29 is 28.7 Å². The van der Waals surface area contributed by atoms with E-state index < -0.39 is 23.8 Å². The van der Waals surface area contributed by atoms with Crippen LogP contribution in [-0.4, -0.2) is 23.8 Å². The van der Waals surface area contributed by atoms with Crippen LogP contribution in [0, 0.1) is 0 Å². The number of imide groups is 1. The Labute approximate surface area is 244 Å². The van der Waals surface area contributed by atoms with Crippen LogP contribution in [0.1, 0.15) is 26.3 Å². The molecule has 0 atom stereocenters. The van der Waals surface area contributed by atoms with Crippen LogP contribution in [0.5, 0.6) is 5.75 Å². The number of ether oxygens (including phenoxy) is 2. The first kappa shape index (κ1) is 27.6. The Morgan fingerprint density at radius 1 is 0.732 bits per heavy atom. The number of nitrogens with zero attached hydrogens (tertiary/aromatic N) is 1. The lowest BCUT2D eigenvalue weighted by molar-refractivity contribution is -0.120. The summed E-state index contributed by atoms with van der Waals surface area (Å²) in [5.41, 5.74) is 2.03. The highest BCUT2D eigenvalue weighted by atomic mass is 35.5. The number of esters is 2. The highest BCUT2D eigenvalue weighted by Gasteiger charge is 2.39. The van der Waals surface area contributed by atoms with E-state index >= 15 is 0 Å². The Bertz CT molecular complexity index is 1670. The molecule has 10 heteroatoms. The molecule has 4 aromatic carbocycles. The van der Waals surface area contributed by atoms with E-state index in [0.29, 0.717) is 16.3 Å². The van der Waals surface area contributed by atoms with Crippen molar-refractivity contribution in [1.29, 1.82) is 0 Å². The van der Waals surface area contributed by atoms with Crippen molar-refractivity contribution in [3.05, 3.63) is 136 Å². The first-order valence-corrected chi connectivity index (χ1v) is 13.0. The first-order valence-electron chi connectivity index (χ1n) is 12.2. The Hall–Kier alpha value is -4.92. The number of hydrogen-bond acceptors (Lipinski definition) is 7. The van der Waals surface area contributed by atoms with Gasteiger partial charge >= 0.3 is 11.9 Å². The second-order valence-corrected chi connectivity index (χ2v) is 9.61. The highest BCUT2D eigenvalue weighted by Crippen LogP contribution is 2.31. The topological polar surface area (TPSA) is 102 Å². The highest BCUT2D eigenvalue weighted by molar-refractivity contribution is 6.53. The summed E-state index contributed by atoms with van der Waals surface area (Å²) in [7, 11) is 0. The average Bonchev–Trinajstić information content (AvgIpc) is 3.20. The standard InChI is InChI=1S/C31H20Cl2N2O6/c32-22-7-4-8-24(17-22)35-28(36)26(33)27(29(35)37)34-23-13-9-21(10-14-23)31(39)41-25-15-11-20(12-16-25)30(38)40-18-19-5-2-1-3-6-19/h1-17,34H,18H2. The molecule has 0 aliphatic carbocycles. The number of anilines is 2. The van der Waals surface area contributed by atoms with Crippen molar-refractivity contribution >= 4 is 58.3 Å². The van der Waals surface area contributed by atoms with Gasteiger partial charge in [-0.1, -0.05) is 59.6 Å². The lowest BCUT2D eigenvalue weighted by Crippen LogP contribution is -2.32. The minimum Gasteiger partial charge on any atom is -0.457 e. The third-order valence-corrected chi connectivity index (χ3v) is 6.58. The molecule has 1 N–H and O–H groups in total. The normalized spacial score (nSPS) is 12.9. The number of halogens is 2. The quantitative estimate of drug-likeness (QED) is 0.146. The smallest absolute Gasteiger partial charge is 0.343 e. The van der Waals surface area contributed by atoms with Crippen molar-refractivity contribution in [1.82, 2.24) is 0 Å². The van der Waals surface area contributed by atoms with Gasteiger partial charge in [0.1, 0.15) is 23.1 Å². The predicted molar refractivity (Wildman–Crippen MR) is 154 cm³/mol. The van der Waals surface area contributed by atoms with Crippen LogP contribution < -0.4 is 15.0 Å². The van der Waals surface area contributed by atoms with E-state index in [2.05, 4.69) is 5.32 Å². The van der Waals surface area contributed by atoms with Gasteiger partial charge in [0.15, 0.2) is 0 Å². The summed E-state index contributed by atoms with van der Waals surface area (Å²) >= 11 is 12.2. The Balaban J connectivity index is 1.18. The number of rotatable bonds is 8. The van der Waals surface area contributed by atoms with Crippen molar-refractivity contribution in [2.75, 3.05) is 10.2 Å². The van der Waals surface area contributed by atoms with Gasteiger partial charge in [0, 0.05) is 10.7 Å². The van der Waals surface area contributed by atoms with Gasteiger partial charge in [-0.15, -0.1) is 0 Å². The molecule has 0 bridgehead atoms. The van der Waals surface area contributed by atoms with Gasteiger partial charge in [0.2, 0.25) is 0 Å². The maximum absolute atomic E-state index is 12.9. The van der Waals surface area contributed by atoms with Crippen LogP contribution in [0.25, 0.3) is 0 Å². The summed E-state index contributed by atoms with van der Waals surface area (Å²) in [5, 5.41) is 2.93. The SMILES string of the molecule is O=C(OCc1ccccc1)c1ccc(OC(=O)c2ccc(NC3=C(Cl)C(=O)N(c4cccc(Cl)c4)C3=O)cc2)cc1. The van der Waals surface area contributed by atoms with Gasteiger partial charge < -0.3 is 14.8 Å². The van der Waals surface area contributed by atoms with Crippen molar-refractivity contribution in [3.63, 3.8) is 0 Å². The molecule has 2 amide bonds. The van der Waals surface area contributed by atoms with Crippen molar-refractivity contribution in [2.45, 2.75) is 6.61 Å². The Kier molecular flexibility index (Phi) is 8.14. The van der Waals surface area contributed by atoms with E-state index in [1.165, 1.54) is 42.5 Å². The summed E-state index contributed by atoms with van der Waals surface area (Å²) in [6, 6.07) is 27.7. The molecular weight excluding hydrogens is 567 g/mol. The molecule has 1 aliphatic rings. The molecule has 0 saturated heterocycles. The molecule has 0 aromatic heterocycles. The molecule has 0 radical (unpaired) electrons. The van der Waals surface area contributed by atoms with Gasteiger partial charge in [-0.05, 0) is 72.3 Å². The average molecular weight is 587 g/mol. The Morgan fingerprint density at radius 3 is 2.07 bits per heavy atom. The molecule has 8 nitrogen and oxygen atoms in total. The number of benzene rings is 4. The summed E-state index contributed by atoms with van der Waals surface area (Å²) in [6.45, 7) is 0.148. The summed E-state index contributed by atoms with van der Waals surface area (Å²) in [5.74, 6) is -2.21. The van der Waals surface area contributed by atoms with Crippen molar-refractivity contribution in [2.24, 2.45) is 0 Å². The number of carbonyl (C=O) groups is 4. The maximum atomic E-state index is 12.9. The molecule has 5 rings (SSSR count). The zero-order valence-electron chi connectivity index (χ0n) is 21.2. The number of amides is 2. The van der Waals surface area contributed by atoms with Crippen molar-refractivity contribution in [3.8, 4) is 5.75 Å². The maximum Gasteiger partial charge on any atom is 0.343 e. The molecular formula is C31H20Cl2N2O6. The monoisotopic (exact) mass is 586 g/mol. The van der Waals surface area contributed by atoms with E-state index in [9.17, 15) is 19.2 Å². The minimum absolute atomic E-state index is 0.102. The molecule has 0 unspecified atom stereocenters. The summed E-state index contributed by atoms with van der Waals surface area (Å²) < 4.78 is 10.7. The van der Waals surface area contributed by atoms with Crippen LogP contribution in [0.15, 0.2) is 114 Å². The lowest BCUT2D eigenvalue weighted by Gasteiger charge is -2.15. The van der Waals surface area contributed by atoms with Crippen LogP contribution in [0.4, 0.5) is 11.4 Å². The van der Waals surface area contributed by atoms with Gasteiger partial charge in [-0.2, -0.15) is 0 Å². The first-order chi connectivity index (χ1) is 19.8. The third kappa shape index (κ3) is 6.30. The molecule has 41 heavy (non-hydrogen) atoms. The van der Waals surface area contributed by atoms with Crippen LogP contribution in [-0.2, 0) is 20.9 Å². The minimum atomic E-state index is -0.683. The summed E-state index contributed by atoms with van der Waals surface area (Å²) in [4.78, 5) is 51.4. The van der Waals surface area contributed by atoms with E-state index in [1.54, 1.807) is 30.3 Å². The van der Waals surface area contributed by atoms with E-state index in [0.717, 1.165) is 10.5 Å². The molecule has 4 aromatic rings. The zero-order chi connectivity index (χ0) is 28.9. The van der Waals surface area contributed by atoms with E-state index in [1.807, 2.05) is 30.3 Å². The lowest BCUT2D eigenvalue weighted by atomic mass is 10.2. The Morgan fingerprint density at radius 2 is 1.39 bits per heavy atom. The second kappa shape index (κ2) is 12.1. The largest absolute Gasteiger partial charge is 0.457 e. The van der Waals surface area contributed by atoms with E-state index in [-0.39, 0.29) is 34.3 Å². The predicted octanol–water partition coefficient (Wildman–Crippen LogP) is 6.35. The molecule has 204 valence electrons. The van der Waals surface area contributed by atoms with Crippen LogP contribution >= 0.6 is 23.2 Å². The van der Waals surface area contributed by atoms with E-state index in [4.69, 9.17) is 32.7 Å². The van der Waals surface area contributed by atoms with Gasteiger partial charge in [-0.3, -0.25) is 9.59 Å². The molecule has 0 saturated carbocycles. The molecule has 0 spiro atoms. The molecule has 1 aliphatic heterocycles.